The van der Waals surface area contributed by atoms with Crippen molar-refractivity contribution >= 4 is 16.9 Å². The predicted octanol–water partition coefficient (Wildman–Crippen LogP) is 2.65. The average Bonchev–Trinajstić information content (AvgIpc) is 2.76. The molecule has 2 rings (SSSR count). The van der Waals surface area contributed by atoms with Gasteiger partial charge in [-0.05, 0) is 19.9 Å². The second-order valence-corrected chi connectivity index (χ2v) is 5.27. The minimum Gasteiger partial charge on any atom is -0.478 e. The summed E-state index contributed by atoms with van der Waals surface area (Å²) in [5, 5.41) is 13.1. The second kappa shape index (κ2) is 5.64. The molecule has 0 fully saturated rings. The molecule has 20 heavy (non-hydrogen) atoms. The average molecular weight is 277 g/mol. The third-order valence-electron chi connectivity index (χ3n) is 3.27. The molecule has 2 aromatic rings. The number of aromatic carboxylic acids is 1. The van der Waals surface area contributed by atoms with Crippen LogP contribution in [0.15, 0.2) is 28.7 Å². The molecule has 1 aromatic heterocycles. The van der Waals surface area contributed by atoms with Crippen LogP contribution in [0.4, 0.5) is 0 Å². The lowest BCUT2D eigenvalue weighted by Gasteiger charge is -2.22. The molecule has 0 atom stereocenters. The maximum absolute atomic E-state index is 11.4. The Hall–Kier alpha value is -1.85. The van der Waals surface area contributed by atoms with Gasteiger partial charge in [-0.1, -0.05) is 18.2 Å². The van der Waals surface area contributed by atoms with Crippen LogP contribution in [0.1, 0.15) is 30.0 Å². The van der Waals surface area contributed by atoms with E-state index in [2.05, 4.69) is 5.32 Å². The van der Waals surface area contributed by atoms with Crippen molar-refractivity contribution in [3.63, 3.8) is 0 Å². The van der Waals surface area contributed by atoms with Gasteiger partial charge in [-0.3, -0.25) is 0 Å². The second-order valence-electron chi connectivity index (χ2n) is 5.27. The van der Waals surface area contributed by atoms with Gasteiger partial charge < -0.3 is 19.6 Å². The van der Waals surface area contributed by atoms with Crippen molar-refractivity contribution in [2.75, 3.05) is 13.7 Å². The first-order valence-electron chi connectivity index (χ1n) is 6.44. The fourth-order valence-corrected chi connectivity index (χ4v) is 2.00. The number of fused-ring (bicyclic) bond motifs is 1. The van der Waals surface area contributed by atoms with Crippen molar-refractivity contribution in [1.82, 2.24) is 5.32 Å². The van der Waals surface area contributed by atoms with E-state index < -0.39 is 5.97 Å². The van der Waals surface area contributed by atoms with Crippen molar-refractivity contribution in [2.24, 2.45) is 0 Å². The number of rotatable bonds is 6. The van der Waals surface area contributed by atoms with Gasteiger partial charge in [0.2, 0.25) is 0 Å². The number of furan rings is 1. The molecule has 0 saturated carbocycles. The number of nitrogens with one attached hydrogen (secondary N) is 1. The highest BCUT2D eigenvalue weighted by molar-refractivity contribution is 6.03. The van der Waals surface area contributed by atoms with Gasteiger partial charge in [-0.15, -0.1) is 0 Å². The maximum atomic E-state index is 11.4. The Balaban J connectivity index is 2.21. The molecule has 0 aliphatic carbocycles. The number of hydrogen-bond acceptors (Lipinski definition) is 4. The summed E-state index contributed by atoms with van der Waals surface area (Å²) in [4.78, 5) is 11.4. The summed E-state index contributed by atoms with van der Waals surface area (Å²) in [7, 11) is 1.64. The Labute approximate surface area is 117 Å². The molecule has 0 aliphatic rings. The summed E-state index contributed by atoms with van der Waals surface area (Å²) in [6.45, 7) is 4.86. The van der Waals surface area contributed by atoms with E-state index >= 15 is 0 Å². The van der Waals surface area contributed by atoms with Gasteiger partial charge in [-0.25, -0.2) is 4.79 Å². The predicted molar refractivity (Wildman–Crippen MR) is 76.0 cm³/mol. The minimum atomic E-state index is -0.974. The maximum Gasteiger partial charge on any atom is 0.339 e. The van der Waals surface area contributed by atoms with Crippen LogP contribution in [0, 0.1) is 0 Å². The van der Waals surface area contributed by atoms with Gasteiger partial charge in [0.25, 0.3) is 0 Å². The summed E-state index contributed by atoms with van der Waals surface area (Å²) in [6, 6.07) is 7.15. The molecule has 108 valence electrons. The Kier molecular flexibility index (Phi) is 4.11. The van der Waals surface area contributed by atoms with Crippen LogP contribution in [0.2, 0.25) is 0 Å². The lowest BCUT2D eigenvalue weighted by molar-refractivity contribution is 0.0228. The molecule has 0 aliphatic heterocycles. The zero-order valence-electron chi connectivity index (χ0n) is 11.9. The van der Waals surface area contributed by atoms with Gasteiger partial charge in [0.15, 0.2) is 0 Å². The van der Waals surface area contributed by atoms with E-state index in [1.54, 1.807) is 25.3 Å². The van der Waals surface area contributed by atoms with E-state index in [1.165, 1.54) is 0 Å². The number of benzene rings is 1. The number of carbonyl (C=O) groups is 1. The van der Waals surface area contributed by atoms with Crippen LogP contribution in [0.25, 0.3) is 11.0 Å². The summed E-state index contributed by atoms with van der Waals surface area (Å²) in [6.07, 6.45) is 0. The first-order chi connectivity index (χ1) is 9.44. The lowest BCUT2D eigenvalue weighted by atomic mass is 10.1. The van der Waals surface area contributed by atoms with Gasteiger partial charge in [0.1, 0.15) is 16.9 Å². The summed E-state index contributed by atoms with van der Waals surface area (Å²) in [5.74, 6) is -0.539. The SMILES string of the molecule is COC(C)(C)CNCc1oc2ccccc2c1C(=O)O. The van der Waals surface area contributed by atoms with E-state index in [4.69, 9.17) is 9.15 Å². The molecular weight excluding hydrogens is 258 g/mol. The summed E-state index contributed by atoms with van der Waals surface area (Å²) >= 11 is 0. The number of ether oxygens (including phenoxy) is 1. The van der Waals surface area contributed by atoms with E-state index in [9.17, 15) is 9.90 Å². The molecule has 5 heteroatoms. The quantitative estimate of drug-likeness (QED) is 0.849. The molecule has 0 spiro atoms. The Morgan fingerprint density at radius 3 is 2.75 bits per heavy atom. The smallest absolute Gasteiger partial charge is 0.339 e. The third-order valence-corrected chi connectivity index (χ3v) is 3.27. The lowest BCUT2D eigenvalue weighted by Crippen LogP contribution is -2.36. The zero-order valence-corrected chi connectivity index (χ0v) is 11.9. The topological polar surface area (TPSA) is 71.7 Å². The summed E-state index contributed by atoms with van der Waals surface area (Å²) < 4.78 is 10.9. The molecule has 0 radical (unpaired) electrons. The van der Waals surface area contributed by atoms with E-state index in [0.717, 1.165) is 0 Å². The van der Waals surface area contributed by atoms with E-state index in [-0.39, 0.29) is 11.2 Å². The van der Waals surface area contributed by atoms with Crippen molar-refractivity contribution in [2.45, 2.75) is 26.0 Å². The van der Waals surface area contributed by atoms with Crippen LogP contribution < -0.4 is 5.32 Å². The van der Waals surface area contributed by atoms with Gasteiger partial charge in [0, 0.05) is 19.0 Å². The fraction of sp³-hybridized carbons (Fsp3) is 0.400. The largest absolute Gasteiger partial charge is 0.478 e. The Morgan fingerprint density at radius 2 is 2.10 bits per heavy atom. The molecular formula is C15H19NO4. The molecule has 0 bridgehead atoms. The molecule has 0 unspecified atom stereocenters. The highest BCUT2D eigenvalue weighted by atomic mass is 16.5. The molecule has 0 amide bonds. The fourth-order valence-electron chi connectivity index (χ4n) is 2.00. The highest BCUT2D eigenvalue weighted by Gasteiger charge is 2.21. The van der Waals surface area contributed by atoms with E-state index in [1.807, 2.05) is 19.9 Å². The third kappa shape index (κ3) is 3.00. The van der Waals surface area contributed by atoms with Crippen LogP contribution >= 0.6 is 0 Å². The van der Waals surface area contributed by atoms with Crippen LogP contribution in [0.5, 0.6) is 0 Å². The Bertz CT molecular complexity index is 615. The number of methoxy groups -OCH3 is 1. The normalized spacial score (nSPS) is 11.9. The molecule has 1 aromatic carbocycles. The van der Waals surface area contributed by atoms with Crippen LogP contribution in [-0.2, 0) is 11.3 Å². The van der Waals surface area contributed by atoms with E-state index in [0.29, 0.717) is 29.8 Å². The molecule has 5 nitrogen and oxygen atoms in total. The number of carboxylic acids is 1. The van der Waals surface area contributed by atoms with Crippen molar-refractivity contribution in [3.8, 4) is 0 Å². The van der Waals surface area contributed by atoms with Gasteiger partial charge in [-0.2, -0.15) is 0 Å². The first kappa shape index (κ1) is 14.6. The highest BCUT2D eigenvalue weighted by Crippen LogP contribution is 2.25. The number of para-hydroxylation sites is 1. The standard InChI is InChI=1S/C15H19NO4/c1-15(2,19-3)9-16-8-12-13(14(17)18)10-6-4-5-7-11(10)20-12/h4-7,16H,8-9H2,1-3H3,(H,17,18). The number of carboxylic acid groups (broad SMARTS) is 1. The van der Waals surface area contributed by atoms with Crippen molar-refractivity contribution in [3.05, 3.63) is 35.6 Å². The van der Waals surface area contributed by atoms with Gasteiger partial charge in [0.05, 0.1) is 12.1 Å². The first-order valence-corrected chi connectivity index (χ1v) is 6.44. The molecule has 1 heterocycles. The monoisotopic (exact) mass is 277 g/mol. The van der Waals surface area contributed by atoms with Gasteiger partial charge >= 0.3 is 5.97 Å². The van der Waals surface area contributed by atoms with Crippen LogP contribution in [-0.4, -0.2) is 30.3 Å². The van der Waals surface area contributed by atoms with Crippen molar-refractivity contribution < 1.29 is 19.1 Å². The summed E-state index contributed by atoms with van der Waals surface area (Å²) in [5.41, 5.74) is 0.506. The Morgan fingerprint density at radius 1 is 1.40 bits per heavy atom. The van der Waals surface area contributed by atoms with Crippen LogP contribution in [0.3, 0.4) is 0 Å². The van der Waals surface area contributed by atoms with Crippen molar-refractivity contribution in [1.29, 1.82) is 0 Å². The molecule has 2 N–H and O–H groups in total. The minimum absolute atomic E-state index is 0.225. The zero-order chi connectivity index (χ0) is 14.8. The number of hydrogen-bond donors (Lipinski definition) is 2. The molecule has 0 saturated heterocycles.